The molecule has 1 N–H and O–H groups in total. The molecule has 14 nitrogen and oxygen atoms in total. The first-order valence-electron chi connectivity index (χ1n) is 22.0. The number of allylic oxidation sites excluding steroid dienone is 3. The van der Waals surface area contributed by atoms with Crippen LogP contribution in [-0.2, 0) is 23.8 Å². The van der Waals surface area contributed by atoms with E-state index in [-0.39, 0.29) is 56.8 Å². The van der Waals surface area contributed by atoms with Gasteiger partial charge in [0.2, 0.25) is 5.43 Å². The highest BCUT2D eigenvalue weighted by Gasteiger charge is 2.51. The van der Waals surface area contributed by atoms with Crippen LogP contribution < -0.4 is 25.0 Å². The van der Waals surface area contributed by atoms with Crippen molar-refractivity contribution in [3.63, 3.8) is 0 Å². The predicted molar refractivity (Wildman–Crippen MR) is 237 cm³/mol. The minimum atomic E-state index is -1.88. The van der Waals surface area contributed by atoms with Gasteiger partial charge in [-0.3, -0.25) is 19.2 Å². The molecule has 1 fully saturated rings. The largest absolute Gasteiger partial charge is 0.488 e. The van der Waals surface area contributed by atoms with E-state index >= 15 is 4.79 Å². The SMILES string of the molecule is CO[C@H]1/C=C/O[C@@]2(C)Oc3c(C)c4c5c(=O)c(c6oc7cc(OCC[N+]8(C)CCCC8)ccc7nc-6c5c3C2=O)NC(=O)/C(C)=C\C=C\C(C)C[C@@H](C)CC(O4)C(OC(C)=O)[C@@H]1C. The summed E-state index contributed by atoms with van der Waals surface area (Å²) in [6.45, 7) is 15.9. The van der Waals surface area contributed by atoms with E-state index in [1.54, 1.807) is 38.1 Å². The third-order valence-corrected chi connectivity index (χ3v) is 13.2. The number of esters is 1. The first-order valence-corrected chi connectivity index (χ1v) is 22.0. The Labute approximate surface area is 367 Å². The number of nitrogens with zero attached hydrogens (tertiary/aromatic N) is 2. The monoisotopic (exact) mass is 864 g/mol. The van der Waals surface area contributed by atoms with Crippen molar-refractivity contribution in [2.24, 2.45) is 17.8 Å². The highest BCUT2D eigenvalue weighted by Crippen LogP contribution is 2.51. The molecule has 0 saturated carbocycles. The van der Waals surface area contributed by atoms with Crippen LogP contribution in [0.4, 0.5) is 5.69 Å². The van der Waals surface area contributed by atoms with Gasteiger partial charge in [0.15, 0.2) is 11.3 Å². The first-order chi connectivity index (χ1) is 30.0. The van der Waals surface area contributed by atoms with Gasteiger partial charge >= 0.3 is 11.8 Å². The van der Waals surface area contributed by atoms with Gasteiger partial charge in [-0.1, -0.05) is 39.0 Å². The van der Waals surface area contributed by atoms with E-state index in [0.717, 1.165) is 30.5 Å². The number of ether oxygens (including phenoxy) is 6. The molecular formula is C49H58N3O11+. The second-order valence-corrected chi connectivity index (χ2v) is 18.3. The van der Waals surface area contributed by atoms with E-state index in [1.165, 1.54) is 40.1 Å². The van der Waals surface area contributed by atoms with E-state index in [4.69, 9.17) is 37.8 Å². The number of hydrogen-bond donors (Lipinski definition) is 1. The zero-order chi connectivity index (χ0) is 45.0. The van der Waals surface area contributed by atoms with E-state index in [1.807, 2.05) is 25.1 Å². The molecule has 3 unspecified atom stereocenters. The average Bonchev–Trinajstić information content (AvgIpc) is 3.78. The van der Waals surface area contributed by atoms with Crippen molar-refractivity contribution in [3.05, 3.63) is 75.7 Å². The van der Waals surface area contributed by atoms with Gasteiger partial charge in [-0.25, -0.2) is 4.98 Å². The number of fused-ring (bicyclic) bond motifs is 8. The number of amides is 1. The van der Waals surface area contributed by atoms with Crippen molar-refractivity contribution in [2.75, 3.05) is 45.7 Å². The molecule has 2 aromatic carbocycles. The highest BCUT2D eigenvalue weighted by molar-refractivity contribution is 6.22. The van der Waals surface area contributed by atoms with Crippen LogP contribution in [0.1, 0.15) is 83.1 Å². The Kier molecular flexibility index (Phi) is 11.9. The predicted octanol–water partition coefficient (Wildman–Crippen LogP) is 8.05. The van der Waals surface area contributed by atoms with Gasteiger partial charge in [-0.15, -0.1) is 0 Å². The Morgan fingerprint density at radius 2 is 1.79 bits per heavy atom. The Morgan fingerprint density at radius 1 is 1.03 bits per heavy atom. The fraction of sp³-hybridized carbons (Fsp3) is 0.490. The number of carbonyl (C=O) groups is 3. The summed E-state index contributed by atoms with van der Waals surface area (Å²) in [4.78, 5) is 62.4. The molecule has 14 heteroatoms. The van der Waals surface area contributed by atoms with Crippen LogP contribution in [0.25, 0.3) is 33.3 Å². The first kappa shape index (κ1) is 43.9. The number of benzene rings is 3. The summed E-state index contributed by atoms with van der Waals surface area (Å²) in [6, 6.07) is 5.29. The Balaban J connectivity index is 1.42. The quantitative estimate of drug-likeness (QED) is 0.0861. The number of aromatic nitrogens is 1. The van der Waals surface area contributed by atoms with Crippen molar-refractivity contribution in [3.8, 4) is 28.7 Å². The fourth-order valence-corrected chi connectivity index (χ4v) is 9.70. The topological polar surface area (TPSA) is 162 Å². The van der Waals surface area contributed by atoms with E-state index in [0.29, 0.717) is 41.0 Å². The lowest BCUT2D eigenvalue weighted by atomic mass is 9.85. The maximum absolute atomic E-state index is 15.5. The number of rotatable bonds is 6. The summed E-state index contributed by atoms with van der Waals surface area (Å²) in [5.41, 5.74) is 0.673. The van der Waals surface area contributed by atoms with Crippen molar-refractivity contribution in [2.45, 2.75) is 98.2 Å². The highest BCUT2D eigenvalue weighted by atomic mass is 16.7. The molecule has 1 aliphatic carbocycles. The lowest BCUT2D eigenvalue weighted by molar-refractivity contribution is -0.897. The van der Waals surface area contributed by atoms with Gasteiger partial charge in [-0.2, -0.15) is 0 Å². The lowest BCUT2D eigenvalue weighted by Gasteiger charge is -2.36. The number of Topliss-reactive ketones (excluding diaryl/α,β-unsaturated/α-hetero) is 1. The molecule has 5 aliphatic heterocycles. The number of hydrogen-bond acceptors (Lipinski definition) is 12. The summed E-state index contributed by atoms with van der Waals surface area (Å²) in [7, 11) is 3.77. The molecule has 6 aliphatic rings. The van der Waals surface area contributed by atoms with Crippen LogP contribution in [0.2, 0.25) is 0 Å². The van der Waals surface area contributed by atoms with Gasteiger partial charge in [-0.05, 0) is 56.7 Å². The Morgan fingerprint density at radius 3 is 2.52 bits per heavy atom. The smallest absolute Gasteiger partial charge is 0.312 e. The number of likely N-dealkylation sites (N-methyl/N-ethyl adjacent to an activating group) is 1. The molecule has 1 amide bonds. The van der Waals surface area contributed by atoms with E-state index in [9.17, 15) is 14.4 Å². The molecule has 0 spiro atoms. The van der Waals surface area contributed by atoms with Gasteiger partial charge in [0.05, 0.1) is 43.5 Å². The third-order valence-electron chi connectivity index (χ3n) is 13.2. The van der Waals surface area contributed by atoms with Gasteiger partial charge in [0.25, 0.3) is 11.7 Å². The Hall–Kier alpha value is -5.73. The van der Waals surface area contributed by atoms with Crippen LogP contribution in [0.3, 0.4) is 0 Å². The van der Waals surface area contributed by atoms with Crippen LogP contribution in [0.5, 0.6) is 17.2 Å². The maximum Gasteiger partial charge on any atom is 0.312 e. The normalized spacial score (nSPS) is 29.0. The van der Waals surface area contributed by atoms with E-state index < -0.39 is 53.1 Å². The fourth-order valence-electron chi connectivity index (χ4n) is 9.70. The van der Waals surface area contributed by atoms with Crippen molar-refractivity contribution < 1.29 is 51.7 Å². The van der Waals surface area contributed by atoms with Crippen LogP contribution in [0.15, 0.2) is 63.6 Å². The minimum Gasteiger partial charge on any atom is -0.488 e. The molecule has 6 bridgehead atoms. The molecule has 0 aromatic heterocycles. The molecule has 7 atom stereocenters. The summed E-state index contributed by atoms with van der Waals surface area (Å²) in [5, 5.41) is 2.94. The number of quaternary nitrogens is 1. The lowest BCUT2D eigenvalue weighted by Crippen LogP contribution is -2.45. The number of nitrogens with one attached hydrogen (secondary N) is 1. The Bertz CT molecular complexity index is 2600. The molecule has 1 saturated heterocycles. The molecule has 5 heterocycles. The van der Waals surface area contributed by atoms with Crippen LogP contribution >= 0.6 is 0 Å². The van der Waals surface area contributed by atoms with Gasteiger partial charge in [0.1, 0.15) is 59.5 Å². The molecule has 8 rings (SSSR count). The number of likely N-dealkylation sites (tertiary alicyclic amines) is 1. The zero-order valence-electron chi connectivity index (χ0n) is 37.6. The van der Waals surface area contributed by atoms with Gasteiger partial charge in [0, 0.05) is 62.3 Å². The number of ketones is 1. The molecule has 2 aromatic rings. The number of methoxy groups -OCH3 is 1. The number of carbonyl (C=O) groups excluding carboxylic acids is 3. The molecule has 334 valence electrons. The standard InChI is InChI=1S/C49H57N3O11/c1-26-13-12-14-28(3)48(56)51-41-42(54)38-37(40-46(41)61-35-25-32(15-16-33(35)50-40)58-22-20-52(8)18-10-11-19-52)39-45-30(5)44(38)62-36(24-27(2)23-26)43(60-31(6)53)29(4)34(57-9)17-21-59-49(7,63-45)47(39)55/h12-17,21,25-27,29,34,36,43H,10-11,18-20,22-24H2,1-9H3/p+1/b13-12+,21-17+,28-14-/t26?,27-,29-,34+,36?,43?,49+/m1/s1. The second-order valence-electron chi connectivity index (χ2n) is 18.3. The number of anilines is 1. The summed E-state index contributed by atoms with van der Waals surface area (Å²) >= 11 is 0. The van der Waals surface area contributed by atoms with Crippen molar-refractivity contribution in [1.29, 1.82) is 0 Å². The van der Waals surface area contributed by atoms with Crippen molar-refractivity contribution >= 4 is 45.2 Å². The molecular weight excluding hydrogens is 807 g/mol. The summed E-state index contributed by atoms with van der Waals surface area (Å²) < 4.78 is 45.7. The maximum atomic E-state index is 15.5. The summed E-state index contributed by atoms with van der Waals surface area (Å²) in [5.74, 6) is -3.22. The van der Waals surface area contributed by atoms with Crippen LogP contribution in [0, 0.1) is 24.7 Å². The molecule has 63 heavy (non-hydrogen) atoms. The minimum absolute atomic E-state index is 0.00698. The van der Waals surface area contributed by atoms with Gasteiger partial charge < -0.3 is 42.6 Å². The average molecular weight is 865 g/mol. The summed E-state index contributed by atoms with van der Waals surface area (Å²) in [6.07, 6.45) is 9.68. The van der Waals surface area contributed by atoms with Crippen molar-refractivity contribution in [1.82, 2.24) is 4.98 Å². The zero-order valence-corrected chi connectivity index (χ0v) is 37.6. The molecule has 0 radical (unpaired) electrons. The third kappa shape index (κ3) is 8.30. The second kappa shape index (κ2) is 17.1. The van der Waals surface area contributed by atoms with Crippen LogP contribution in [-0.4, -0.2) is 91.6 Å². The van der Waals surface area contributed by atoms with E-state index in [2.05, 4.69) is 26.2 Å².